The van der Waals surface area contributed by atoms with Crippen molar-refractivity contribution in [3.8, 4) is 0 Å². The molecule has 1 saturated heterocycles. The third-order valence-corrected chi connectivity index (χ3v) is 8.46. The molecule has 1 fully saturated rings. The van der Waals surface area contributed by atoms with Crippen LogP contribution >= 0.6 is 11.6 Å². The number of hydrazine groups is 2. The van der Waals surface area contributed by atoms with Gasteiger partial charge in [-0.2, -0.15) is 0 Å². The van der Waals surface area contributed by atoms with Gasteiger partial charge in [0.15, 0.2) is 0 Å². The summed E-state index contributed by atoms with van der Waals surface area (Å²) in [6, 6.07) is 4.54. The van der Waals surface area contributed by atoms with E-state index in [1.165, 1.54) is 17.1 Å². The van der Waals surface area contributed by atoms with Crippen LogP contribution in [0.1, 0.15) is 25.8 Å². The molecule has 0 bridgehead atoms. The molecule has 0 spiro atoms. The zero-order valence-corrected chi connectivity index (χ0v) is 21.8. The third kappa shape index (κ3) is 5.64. The lowest BCUT2D eigenvalue weighted by Crippen LogP contribution is -2.57. The lowest BCUT2D eigenvalue weighted by Gasteiger charge is -2.42. The number of piperazine rings is 1. The van der Waals surface area contributed by atoms with E-state index in [0.717, 1.165) is 48.5 Å². The molecule has 1 aromatic heterocycles. The van der Waals surface area contributed by atoms with E-state index in [0.29, 0.717) is 12.1 Å². The van der Waals surface area contributed by atoms with Gasteiger partial charge in [0.25, 0.3) is 0 Å². The van der Waals surface area contributed by atoms with Crippen LogP contribution in [0.3, 0.4) is 0 Å². The van der Waals surface area contributed by atoms with Crippen LogP contribution in [0.2, 0.25) is 5.02 Å². The van der Waals surface area contributed by atoms with Crippen molar-refractivity contribution in [2.24, 2.45) is 0 Å². The minimum absolute atomic E-state index is 0.00243. The Hall–Kier alpha value is -2.60. The van der Waals surface area contributed by atoms with E-state index in [9.17, 15) is 12.8 Å². The number of rotatable bonds is 8. The normalized spacial score (nSPS) is 17.8. The Balaban J connectivity index is 1.56. The molecule has 2 aliphatic heterocycles. The predicted molar refractivity (Wildman–Crippen MR) is 139 cm³/mol. The lowest BCUT2D eigenvalue weighted by atomic mass is 10.2. The highest BCUT2D eigenvalue weighted by atomic mass is 35.5. The summed E-state index contributed by atoms with van der Waals surface area (Å²) in [7, 11) is -1.29. The van der Waals surface area contributed by atoms with E-state index in [1.54, 1.807) is 19.3 Å². The molecule has 1 aromatic carbocycles. The Labute approximate surface area is 211 Å². The van der Waals surface area contributed by atoms with Crippen molar-refractivity contribution in [3.05, 3.63) is 53.2 Å². The van der Waals surface area contributed by atoms with Crippen LogP contribution in [0, 0.1) is 5.82 Å². The van der Waals surface area contributed by atoms with Crippen LogP contribution in [0.4, 0.5) is 21.5 Å². The van der Waals surface area contributed by atoms with Gasteiger partial charge in [0.1, 0.15) is 11.5 Å². The number of hydrogen-bond acceptors (Lipinski definition) is 7. The van der Waals surface area contributed by atoms with Gasteiger partial charge in [0.2, 0.25) is 10.0 Å². The quantitative estimate of drug-likeness (QED) is 0.457. The molecular formula is C23H32ClFN7O2S+. The molecule has 4 rings (SSSR count). The number of sulfonamides is 1. The minimum atomic E-state index is -3.58. The Morgan fingerprint density at radius 2 is 1.97 bits per heavy atom. The average Bonchev–Trinajstić information content (AvgIpc) is 3.31. The first kappa shape index (κ1) is 25.5. The highest BCUT2D eigenvalue weighted by Crippen LogP contribution is 2.37. The fourth-order valence-corrected chi connectivity index (χ4v) is 5.67. The molecular weight excluding hydrogens is 493 g/mol. The number of nitrogens with zero attached hydrogens (tertiary/aromatic N) is 4. The average molecular weight is 525 g/mol. The fraction of sp³-hybridized carbons (Fsp3) is 0.435. The molecule has 35 heavy (non-hydrogen) atoms. The second kappa shape index (κ2) is 10.2. The maximum atomic E-state index is 14.8. The van der Waals surface area contributed by atoms with Crippen molar-refractivity contribution >= 4 is 44.4 Å². The molecule has 12 heteroatoms. The number of nitrogens with one attached hydrogen (secondary N) is 3. The molecule has 0 saturated carbocycles. The van der Waals surface area contributed by atoms with E-state index in [1.807, 2.05) is 12.3 Å². The first-order valence-electron chi connectivity index (χ1n) is 11.7. The molecule has 2 aliphatic rings. The minimum Gasteiger partial charge on any atom is -0.359 e. The second-order valence-electron chi connectivity index (χ2n) is 9.13. The standard InChI is InChI=1S/C23H32ClFN7O2S/c1-4-12-35(33,34)28-20-7-6-19(25)23(22(20)24)31-16-21(27-29-31)17-13-18(15-26-14-17)30-8-10-32(3,5-2)11-9-30/h6-7,13-16,27-29H,4-5,8-12H2,1-3H3/q+1. The molecule has 2 aromatic rings. The SMILES string of the molecule is CCCS(=O)(=O)Nc1ccc(F)c(N2C=C(c3cncc(N4CC[N+](C)(CC)CC4)c3)NN2)c1Cl. The molecule has 3 heterocycles. The maximum Gasteiger partial charge on any atom is 0.232 e. The Bertz CT molecular complexity index is 1220. The summed E-state index contributed by atoms with van der Waals surface area (Å²) in [5, 5.41) is 1.34. The monoisotopic (exact) mass is 524 g/mol. The molecule has 0 radical (unpaired) electrons. The molecule has 0 aliphatic carbocycles. The van der Waals surface area contributed by atoms with Crippen molar-refractivity contribution in [1.82, 2.24) is 15.9 Å². The van der Waals surface area contributed by atoms with Gasteiger partial charge in [-0.25, -0.2) is 12.8 Å². The van der Waals surface area contributed by atoms with Crippen molar-refractivity contribution < 1.29 is 17.3 Å². The first-order valence-corrected chi connectivity index (χ1v) is 13.7. The Kier molecular flexibility index (Phi) is 7.41. The highest BCUT2D eigenvalue weighted by molar-refractivity contribution is 7.92. The van der Waals surface area contributed by atoms with Gasteiger partial charge in [-0.1, -0.05) is 18.5 Å². The number of hydrogen-bond donors (Lipinski definition) is 3. The summed E-state index contributed by atoms with van der Waals surface area (Å²) in [5.74, 6) is -0.654. The van der Waals surface area contributed by atoms with E-state index in [2.05, 4.69) is 39.5 Å². The van der Waals surface area contributed by atoms with E-state index < -0.39 is 15.8 Å². The van der Waals surface area contributed by atoms with Gasteiger partial charge < -0.3 is 14.8 Å². The predicted octanol–water partition coefficient (Wildman–Crippen LogP) is 3.14. The van der Waals surface area contributed by atoms with Gasteiger partial charge in [-0.15, -0.1) is 5.53 Å². The topological polar surface area (TPSA) is 89.6 Å². The number of anilines is 3. The van der Waals surface area contributed by atoms with Crippen LogP contribution in [-0.2, 0) is 10.0 Å². The highest BCUT2D eigenvalue weighted by Gasteiger charge is 2.28. The van der Waals surface area contributed by atoms with E-state index in [-0.39, 0.29) is 22.2 Å². The molecule has 190 valence electrons. The largest absolute Gasteiger partial charge is 0.359 e. The van der Waals surface area contributed by atoms with Crippen molar-refractivity contribution in [2.45, 2.75) is 20.3 Å². The zero-order chi connectivity index (χ0) is 25.2. The summed E-state index contributed by atoms with van der Waals surface area (Å²) < 4.78 is 42.7. The molecule has 0 unspecified atom stereocenters. The van der Waals surface area contributed by atoms with Gasteiger partial charge >= 0.3 is 0 Å². The number of halogens is 2. The zero-order valence-electron chi connectivity index (χ0n) is 20.2. The van der Waals surface area contributed by atoms with Crippen LogP contribution in [0.25, 0.3) is 5.70 Å². The van der Waals surface area contributed by atoms with Crippen molar-refractivity contribution in [3.63, 3.8) is 0 Å². The number of aromatic nitrogens is 1. The van der Waals surface area contributed by atoms with Crippen LogP contribution in [0.5, 0.6) is 0 Å². The summed E-state index contributed by atoms with van der Waals surface area (Å²) >= 11 is 6.43. The van der Waals surface area contributed by atoms with E-state index >= 15 is 0 Å². The maximum absolute atomic E-state index is 14.8. The summed E-state index contributed by atoms with van der Waals surface area (Å²) in [4.78, 5) is 6.74. The number of pyridine rings is 1. The fourth-order valence-electron chi connectivity index (χ4n) is 4.18. The van der Waals surface area contributed by atoms with Gasteiger partial charge in [0.05, 0.1) is 73.8 Å². The van der Waals surface area contributed by atoms with Crippen LogP contribution in [-0.4, -0.2) is 63.4 Å². The van der Waals surface area contributed by atoms with Crippen molar-refractivity contribution in [1.29, 1.82) is 0 Å². The van der Waals surface area contributed by atoms with E-state index in [4.69, 9.17) is 11.6 Å². The number of benzene rings is 1. The van der Waals surface area contributed by atoms with Crippen molar-refractivity contribution in [2.75, 3.05) is 60.2 Å². The smallest absolute Gasteiger partial charge is 0.232 e. The number of likely N-dealkylation sites (N-methyl/N-ethyl adjacent to an activating group) is 1. The summed E-state index contributed by atoms with van der Waals surface area (Å²) in [6.07, 6.45) is 5.70. The first-order chi connectivity index (χ1) is 16.6. The number of quaternary nitrogens is 1. The third-order valence-electron chi connectivity index (χ3n) is 6.60. The van der Waals surface area contributed by atoms with Gasteiger partial charge in [0, 0.05) is 18.0 Å². The summed E-state index contributed by atoms with van der Waals surface area (Å²) in [6.45, 7) is 9.16. The molecule has 0 amide bonds. The lowest BCUT2D eigenvalue weighted by molar-refractivity contribution is -0.908. The Morgan fingerprint density at radius 1 is 1.23 bits per heavy atom. The molecule has 9 nitrogen and oxygen atoms in total. The van der Waals surface area contributed by atoms with Gasteiger partial charge in [-0.05, 0) is 31.5 Å². The summed E-state index contributed by atoms with van der Waals surface area (Å²) in [5.41, 5.74) is 8.56. The second-order valence-corrected chi connectivity index (χ2v) is 11.3. The van der Waals surface area contributed by atoms with Crippen LogP contribution in [0.15, 0.2) is 36.8 Å². The molecule has 0 atom stereocenters. The van der Waals surface area contributed by atoms with Gasteiger partial charge in [-0.3, -0.25) is 14.7 Å². The molecule has 3 N–H and O–H groups in total. The van der Waals surface area contributed by atoms with Crippen LogP contribution < -0.4 is 25.6 Å². The Morgan fingerprint density at radius 3 is 2.66 bits per heavy atom.